The van der Waals surface area contributed by atoms with Gasteiger partial charge in [0.25, 0.3) is 5.91 Å². The van der Waals surface area contributed by atoms with E-state index >= 15 is 0 Å². The summed E-state index contributed by atoms with van der Waals surface area (Å²) < 4.78 is 30.8. The molecule has 2 aromatic carbocycles. The number of carbonyl (C=O) groups excluding carboxylic acids is 2. The van der Waals surface area contributed by atoms with Crippen molar-refractivity contribution in [1.82, 2.24) is 10.2 Å². The zero-order valence-corrected chi connectivity index (χ0v) is 21.4. The second-order valence-corrected chi connectivity index (χ2v) is 10.3. The lowest BCUT2D eigenvalue weighted by molar-refractivity contribution is -0.158. The molecule has 7 nitrogen and oxygen atoms in total. The molecule has 1 fully saturated rings. The molecule has 2 amide bonds. The molecule has 4 rings (SSSR count). The van der Waals surface area contributed by atoms with Crippen LogP contribution in [0.2, 0.25) is 0 Å². The number of nitrogens with zero attached hydrogens (tertiary/aromatic N) is 1. The first kappa shape index (κ1) is 26.6. The van der Waals surface area contributed by atoms with Gasteiger partial charge in [0.2, 0.25) is 0 Å². The molecule has 1 saturated heterocycles. The summed E-state index contributed by atoms with van der Waals surface area (Å²) in [5.74, 6) is 1.89. The van der Waals surface area contributed by atoms with E-state index in [1.165, 1.54) is 12.1 Å². The highest BCUT2D eigenvalue weighted by Crippen LogP contribution is 2.36. The molecule has 37 heavy (non-hydrogen) atoms. The molecular formula is C29H33FN2O5. The fourth-order valence-electron chi connectivity index (χ4n) is 4.87. The Morgan fingerprint density at radius 2 is 1.92 bits per heavy atom. The number of alkyl carbamates (subject to hydrolysis) is 1. The highest BCUT2D eigenvalue weighted by molar-refractivity contribution is 5.82. The number of fused-ring (bicyclic) bond motifs is 1. The van der Waals surface area contributed by atoms with Crippen LogP contribution in [0.4, 0.5) is 9.18 Å². The van der Waals surface area contributed by atoms with Gasteiger partial charge in [0, 0.05) is 13.0 Å². The first-order valence-corrected chi connectivity index (χ1v) is 12.5. The van der Waals surface area contributed by atoms with Crippen LogP contribution in [-0.4, -0.2) is 60.5 Å². The van der Waals surface area contributed by atoms with Gasteiger partial charge in [0.1, 0.15) is 30.2 Å². The Hall–Kier alpha value is -3.41. The van der Waals surface area contributed by atoms with Crippen LogP contribution >= 0.6 is 0 Å². The van der Waals surface area contributed by atoms with Crippen molar-refractivity contribution in [2.24, 2.45) is 0 Å². The van der Waals surface area contributed by atoms with E-state index in [9.17, 15) is 14.0 Å². The molecule has 0 radical (unpaired) electrons. The van der Waals surface area contributed by atoms with E-state index in [1.54, 1.807) is 37.8 Å². The quantitative estimate of drug-likeness (QED) is 0.618. The Labute approximate surface area is 217 Å². The SMILES string of the molecule is C#CCO[C@H]1CO[C@@H](C(=O)N2CCc3ccccc3[C@@H]2c2ccc(F)cc2)C[C@@H]1NC(=O)OC(C)(C)C. The van der Waals surface area contributed by atoms with Gasteiger partial charge >= 0.3 is 6.09 Å². The lowest BCUT2D eigenvalue weighted by atomic mass is 9.87. The van der Waals surface area contributed by atoms with Crippen LogP contribution in [0.5, 0.6) is 0 Å². The van der Waals surface area contributed by atoms with Gasteiger partial charge in [-0.1, -0.05) is 42.3 Å². The smallest absolute Gasteiger partial charge is 0.407 e. The lowest BCUT2D eigenvalue weighted by Crippen LogP contribution is -2.57. The number of ether oxygens (including phenoxy) is 3. The molecule has 8 heteroatoms. The maximum absolute atomic E-state index is 13.9. The van der Waals surface area contributed by atoms with Gasteiger partial charge < -0.3 is 24.4 Å². The molecule has 2 aliphatic heterocycles. The van der Waals surface area contributed by atoms with Crippen molar-refractivity contribution in [3.8, 4) is 12.3 Å². The first-order valence-electron chi connectivity index (χ1n) is 12.5. The number of carbonyl (C=O) groups is 2. The van der Waals surface area contributed by atoms with Crippen LogP contribution in [0.1, 0.15) is 49.9 Å². The Balaban J connectivity index is 1.57. The number of halogens is 1. The van der Waals surface area contributed by atoms with E-state index in [-0.39, 0.29) is 37.4 Å². The molecule has 0 saturated carbocycles. The minimum absolute atomic E-state index is 0.0503. The summed E-state index contributed by atoms with van der Waals surface area (Å²) in [6.45, 7) is 5.95. The molecule has 0 spiro atoms. The number of rotatable bonds is 5. The topological polar surface area (TPSA) is 77.1 Å². The Bertz CT molecular complexity index is 1150. The summed E-state index contributed by atoms with van der Waals surface area (Å²) in [6, 6.07) is 13.3. The third-order valence-electron chi connectivity index (χ3n) is 6.49. The molecular weight excluding hydrogens is 475 g/mol. The minimum atomic E-state index is -0.807. The Morgan fingerprint density at radius 1 is 1.19 bits per heavy atom. The minimum Gasteiger partial charge on any atom is -0.444 e. The molecule has 2 aromatic rings. The fourth-order valence-corrected chi connectivity index (χ4v) is 4.87. The molecule has 0 aliphatic carbocycles. The van der Waals surface area contributed by atoms with Crippen LogP contribution in [0.15, 0.2) is 48.5 Å². The molecule has 0 unspecified atom stereocenters. The van der Waals surface area contributed by atoms with Gasteiger partial charge in [0.05, 0.1) is 18.7 Å². The van der Waals surface area contributed by atoms with E-state index in [0.717, 1.165) is 16.7 Å². The third kappa shape index (κ3) is 6.48. The molecule has 0 aromatic heterocycles. The van der Waals surface area contributed by atoms with Crippen LogP contribution < -0.4 is 5.32 Å². The van der Waals surface area contributed by atoms with Crippen molar-refractivity contribution in [2.75, 3.05) is 19.8 Å². The number of hydrogen-bond acceptors (Lipinski definition) is 5. The van der Waals surface area contributed by atoms with Gasteiger partial charge in [-0.15, -0.1) is 6.42 Å². The molecule has 0 bridgehead atoms. The van der Waals surface area contributed by atoms with Crippen LogP contribution in [-0.2, 0) is 25.4 Å². The largest absolute Gasteiger partial charge is 0.444 e. The summed E-state index contributed by atoms with van der Waals surface area (Å²) in [6.07, 6.45) is 4.31. The molecule has 4 atom stereocenters. The second kappa shape index (κ2) is 11.3. The number of nitrogens with one attached hydrogen (secondary N) is 1. The van der Waals surface area contributed by atoms with Gasteiger partial charge in [-0.3, -0.25) is 4.79 Å². The van der Waals surface area contributed by atoms with E-state index < -0.39 is 29.9 Å². The van der Waals surface area contributed by atoms with Crippen LogP contribution in [0, 0.1) is 18.2 Å². The van der Waals surface area contributed by atoms with Gasteiger partial charge in [-0.05, 0) is 56.0 Å². The van der Waals surface area contributed by atoms with E-state index in [1.807, 2.05) is 18.2 Å². The Kier molecular flexibility index (Phi) is 8.16. The molecule has 2 aliphatic rings. The summed E-state index contributed by atoms with van der Waals surface area (Å²) in [7, 11) is 0. The third-order valence-corrected chi connectivity index (χ3v) is 6.49. The maximum Gasteiger partial charge on any atom is 0.407 e. The first-order chi connectivity index (χ1) is 17.7. The van der Waals surface area contributed by atoms with Crippen LogP contribution in [0.25, 0.3) is 0 Å². The van der Waals surface area contributed by atoms with Crippen LogP contribution in [0.3, 0.4) is 0 Å². The highest BCUT2D eigenvalue weighted by atomic mass is 19.1. The predicted octanol–water partition coefficient (Wildman–Crippen LogP) is 4.00. The van der Waals surface area contributed by atoms with Crippen molar-refractivity contribution in [2.45, 2.75) is 63.5 Å². The van der Waals surface area contributed by atoms with Crippen molar-refractivity contribution < 1.29 is 28.2 Å². The summed E-state index contributed by atoms with van der Waals surface area (Å²) in [5, 5.41) is 2.84. The predicted molar refractivity (Wildman–Crippen MR) is 136 cm³/mol. The molecule has 196 valence electrons. The zero-order valence-electron chi connectivity index (χ0n) is 21.4. The van der Waals surface area contributed by atoms with Gasteiger partial charge in [0.15, 0.2) is 0 Å². The van der Waals surface area contributed by atoms with Gasteiger partial charge in [-0.25, -0.2) is 9.18 Å². The van der Waals surface area contributed by atoms with E-state index in [4.69, 9.17) is 20.6 Å². The van der Waals surface area contributed by atoms with Crippen molar-refractivity contribution in [3.05, 3.63) is 71.0 Å². The summed E-state index contributed by atoms with van der Waals surface area (Å²) in [5.41, 5.74) is 2.29. The molecule has 1 N–H and O–H groups in total. The van der Waals surface area contributed by atoms with Crippen molar-refractivity contribution in [1.29, 1.82) is 0 Å². The second-order valence-electron chi connectivity index (χ2n) is 10.3. The summed E-state index contributed by atoms with van der Waals surface area (Å²) in [4.78, 5) is 28.2. The standard InChI is InChI=1S/C29H33FN2O5/c1-5-16-35-25-18-36-24(17-23(25)31-28(34)37-29(2,3)4)27(33)32-15-14-19-8-6-7-9-22(19)26(32)20-10-12-21(30)13-11-20/h1,6-13,23-26H,14-18H2,2-4H3,(H,31,34)/t23-,24+,25-,26-/m0/s1. The Morgan fingerprint density at radius 3 is 2.62 bits per heavy atom. The fraction of sp³-hybridized carbons (Fsp3) is 0.448. The average Bonchev–Trinajstić information content (AvgIpc) is 2.86. The van der Waals surface area contributed by atoms with Crippen molar-refractivity contribution >= 4 is 12.0 Å². The molecule has 2 heterocycles. The summed E-state index contributed by atoms with van der Waals surface area (Å²) >= 11 is 0. The van der Waals surface area contributed by atoms with E-state index in [0.29, 0.717) is 13.0 Å². The van der Waals surface area contributed by atoms with Gasteiger partial charge in [-0.2, -0.15) is 0 Å². The number of hydrogen-bond donors (Lipinski definition) is 1. The number of benzene rings is 2. The monoisotopic (exact) mass is 508 g/mol. The maximum atomic E-state index is 13.9. The number of terminal acetylenes is 1. The zero-order chi connectivity index (χ0) is 26.6. The highest BCUT2D eigenvalue weighted by Gasteiger charge is 2.41. The normalized spacial score (nSPS) is 23.5. The lowest BCUT2D eigenvalue weighted by Gasteiger charge is -2.42. The number of amides is 2. The average molecular weight is 509 g/mol. The van der Waals surface area contributed by atoms with E-state index in [2.05, 4.69) is 17.3 Å². The van der Waals surface area contributed by atoms with Crippen molar-refractivity contribution in [3.63, 3.8) is 0 Å².